The molecule has 2 nitrogen and oxygen atoms in total. The van der Waals surface area contributed by atoms with Crippen LogP contribution in [0.2, 0.25) is 0 Å². The third kappa shape index (κ3) is 3.96. The standard InChI is InChI=1S/C16H32N2/c1-3-6-14-9-11-18(12-10-14)13-16(17-2)15-7-4-5-8-15/h14-17H,3-13H2,1-2H3. The lowest BCUT2D eigenvalue weighted by Gasteiger charge is -2.35. The van der Waals surface area contributed by atoms with Crippen LogP contribution in [0.1, 0.15) is 58.3 Å². The van der Waals surface area contributed by atoms with Crippen molar-refractivity contribution in [1.29, 1.82) is 0 Å². The van der Waals surface area contributed by atoms with E-state index in [0.29, 0.717) is 0 Å². The van der Waals surface area contributed by atoms with Gasteiger partial charge in [0, 0.05) is 12.6 Å². The molecule has 1 aliphatic heterocycles. The summed E-state index contributed by atoms with van der Waals surface area (Å²) < 4.78 is 0. The Bertz CT molecular complexity index is 215. The minimum absolute atomic E-state index is 0.746. The zero-order valence-electron chi connectivity index (χ0n) is 12.5. The molecule has 0 radical (unpaired) electrons. The van der Waals surface area contributed by atoms with Crippen LogP contribution >= 0.6 is 0 Å². The molecule has 18 heavy (non-hydrogen) atoms. The van der Waals surface area contributed by atoms with Gasteiger partial charge in [-0.1, -0.05) is 32.6 Å². The highest BCUT2D eigenvalue weighted by Crippen LogP contribution is 2.29. The van der Waals surface area contributed by atoms with Gasteiger partial charge in [0.15, 0.2) is 0 Å². The van der Waals surface area contributed by atoms with Gasteiger partial charge >= 0.3 is 0 Å². The molecular formula is C16H32N2. The molecule has 1 atom stereocenters. The summed E-state index contributed by atoms with van der Waals surface area (Å²) in [6.45, 7) is 6.30. The average Bonchev–Trinajstić information content (AvgIpc) is 2.92. The largest absolute Gasteiger partial charge is 0.315 e. The van der Waals surface area contributed by atoms with Crippen molar-refractivity contribution in [3.8, 4) is 0 Å². The first-order valence-corrected chi connectivity index (χ1v) is 8.23. The van der Waals surface area contributed by atoms with Crippen LogP contribution < -0.4 is 5.32 Å². The molecule has 0 aromatic carbocycles. The van der Waals surface area contributed by atoms with Gasteiger partial charge in [-0.25, -0.2) is 0 Å². The molecule has 1 N–H and O–H groups in total. The van der Waals surface area contributed by atoms with Gasteiger partial charge < -0.3 is 10.2 Å². The van der Waals surface area contributed by atoms with Gasteiger partial charge in [0.2, 0.25) is 0 Å². The SMILES string of the molecule is CCCC1CCN(CC(NC)C2CCCC2)CC1. The number of rotatable bonds is 6. The summed E-state index contributed by atoms with van der Waals surface area (Å²) in [6, 6.07) is 0.746. The Morgan fingerprint density at radius 1 is 1.11 bits per heavy atom. The lowest BCUT2D eigenvalue weighted by molar-refractivity contribution is 0.150. The van der Waals surface area contributed by atoms with Crippen molar-refractivity contribution in [2.75, 3.05) is 26.7 Å². The average molecular weight is 252 g/mol. The molecule has 2 rings (SSSR count). The molecule has 1 unspecified atom stereocenters. The fraction of sp³-hybridized carbons (Fsp3) is 1.00. The topological polar surface area (TPSA) is 15.3 Å². The number of nitrogens with zero attached hydrogens (tertiary/aromatic N) is 1. The summed E-state index contributed by atoms with van der Waals surface area (Å²) in [6.07, 6.45) is 11.5. The van der Waals surface area contributed by atoms with E-state index in [1.165, 1.54) is 71.0 Å². The Labute approximate surface area is 114 Å². The summed E-state index contributed by atoms with van der Waals surface area (Å²) >= 11 is 0. The molecule has 1 saturated heterocycles. The highest BCUT2D eigenvalue weighted by Gasteiger charge is 2.27. The molecule has 2 aliphatic rings. The van der Waals surface area contributed by atoms with E-state index >= 15 is 0 Å². The number of nitrogens with one attached hydrogen (secondary N) is 1. The van der Waals surface area contributed by atoms with Crippen molar-refractivity contribution in [1.82, 2.24) is 10.2 Å². The molecular weight excluding hydrogens is 220 g/mol. The summed E-state index contributed by atoms with van der Waals surface area (Å²) in [4.78, 5) is 2.71. The van der Waals surface area contributed by atoms with Gasteiger partial charge in [0.05, 0.1) is 0 Å². The number of likely N-dealkylation sites (N-methyl/N-ethyl adjacent to an activating group) is 1. The highest BCUT2D eigenvalue weighted by molar-refractivity contribution is 4.84. The Hall–Kier alpha value is -0.0800. The van der Waals surface area contributed by atoms with Gasteiger partial charge in [-0.05, 0) is 57.7 Å². The van der Waals surface area contributed by atoms with E-state index in [-0.39, 0.29) is 0 Å². The molecule has 0 aromatic heterocycles. The second-order valence-corrected chi connectivity index (χ2v) is 6.47. The van der Waals surface area contributed by atoms with Crippen LogP contribution in [0.4, 0.5) is 0 Å². The van der Waals surface area contributed by atoms with E-state index in [0.717, 1.165) is 17.9 Å². The van der Waals surface area contributed by atoms with E-state index in [4.69, 9.17) is 0 Å². The van der Waals surface area contributed by atoms with Gasteiger partial charge in [0.1, 0.15) is 0 Å². The molecule has 0 amide bonds. The predicted molar refractivity (Wildman–Crippen MR) is 78.9 cm³/mol. The number of hydrogen-bond acceptors (Lipinski definition) is 2. The second-order valence-electron chi connectivity index (χ2n) is 6.47. The van der Waals surface area contributed by atoms with E-state index in [9.17, 15) is 0 Å². The van der Waals surface area contributed by atoms with E-state index in [1.807, 2.05) is 0 Å². The minimum atomic E-state index is 0.746. The van der Waals surface area contributed by atoms with Crippen molar-refractivity contribution in [3.63, 3.8) is 0 Å². The molecule has 0 aromatic rings. The maximum atomic E-state index is 3.59. The van der Waals surface area contributed by atoms with Gasteiger partial charge in [-0.2, -0.15) is 0 Å². The van der Waals surface area contributed by atoms with Gasteiger partial charge in [0.25, 0.3) is 0 Å². The fourth-order valence-corrected chi connectivity index (χ4v) is 3.98. The zero-order valence-corrected chi connectivity index (χ0v) is 12.5. The second kappa shape index (κ2) is 7.49. The lowest BCUT2D eigenvalue weighted by atomic mass is 9.91. The molecule has 2 fully saturated rings. The lowest BCUT2D eigenvalue weighted by Crippen LogP contribution is -2.46. The summed E-state index contributed by atoms with van der Waals surface area (Å²) in [5, 5.41) is 3.59. The van der Waals surface area contributed by atoms with Crippen LogP contribution in [0.3, 0.4) is 0 Å². The molecule has 0 bridgehead atoms. The van der Waals surface area contributed by atoms with Crippen LogP contribution in [-0.2, 0) is 0 Å². The van der Waals surface area contributed by atoms with Crippen molar-refractivity contribution < 1.29 is 0 Å². The maximum Gasteiger partial charge on any atom is 0.0220 e. The Kier molecular flexibility index (Phi) is 5.97. The quantitative estimate of drug-likeness (QED) is 0.780. The van der Waals surface area contributed by atoms with Crippen molar-refractivity contribution in [2.24, 2.45) is 11.8 Å². The normalized spacial score (nSPS) is 25.7. The smallest absolute Gasteiger partial charge is 0.0220 e. The van der Waals surface area contributed by atoms with Gasteiger partial charge in [-0.3, -0.25) is 0 Å². The third-order valence-electron chi connectivity index (χ3n) is 5.20. The highest BCUT2D eigenvalue weighted by atomic mass is 15.2. The number of likely N-dealkylation sites (tertiary alicyclic amines) is 1. The first kappa shape index (κ1) is 14.3. The first-order chi connectivity index (χ1) is 8.83. The Balaban J connectivity index is 1.72. The third-order valence-corrected chi connectivity index (χ3v) is 5.20. The first-order valence-electron chi connectivity index (χ1n) is 8.23. The molecule has 1 saturated carbocycles. The maximum absolute atomic E-state index is 3.59. The summed E-state index contributed by atoms with van der Waals surface area (Å²) in [5.41, 5.74) is 0. The number of piperidine rings is 1. The Morgan fingerprint density at radius 2 is 1.78 bits per heavy atom. The van der Waals surface area contributed by atoms with E-state index in [1.54, 1.807) is 0 Å². The van der Waals surface area contributed by atoms with Gasteiger partial charge in [-0.15, -0.1) is 0 Å². The molecule has 1 heterocycles. The van der Waals surface area contributed by atoms with Crippen molar-refractivity contribution >= 4 is 0 Å². The van der Waals surface area contributed by atoms with Crippen LogP contribution in [0.15, 0.2) is 0 Å². The summed E-state index contributed by atoms with van der Waals surface area (Å²) in [7, 11) is 2.16. The van der Waals surface area contributed by atoms with Crippen molar-refractivity contribution in [2.45, 2.75) is 64.3 Å². The molecule has 1 aliphatic carbocycles. The van der Waals surface area contributed by atoms with Crippen LogP contribution in [-0.4, -0.2) is 37.6 Å². The van der Waals surface area contributed by atoms with Crippen LogP contribution in [0.5, 0.6) is 0 Å². The summed E-state index contributed by atoms with van der Waals surface area (Å²) in [5.74, 6) is 1.97. The fourth-order valence-electron chi connectivity index (χ4n) is 3.98. The van der Waals surface area contributed by atoms with E-state index in [2.05, 4.69) is 24.2 Å². The number of hydrogen-bond donors (Lipinski definition) is 1. The minimum Gasteiger partial charge on any atom is -0.315 e. The molecule has 106 valence electrons. The van der Waals surface area contributed by atoms with E-state index < -0.39 is 0 Å². The molecule has 0 spiro atoms. The predicted octanol–water partition coefficient (Wildman–Crippen LogP) is 3.28. The van der Waals surface area contributed by atoms with Crippen molar-refractivity contribution in [3.05, 3.63) is 0 Å². The van der Waals surface area contributed by atoms with Crippen LogP contribution in [0.25, 0.3) is 0 Å². The zero-order chi connectivity index (χ0) is 12.8. The monoisotopic (exact) mass is 252 g/mol. The van der Waals surface area contributed by atoms with Crippen LogP contribution in [0, 0.1) is 11.8 Å². The molecule has 2 heteroatoms. The Morgan fingerprint density at radius 3 is 2.33 bits per heavy atom.